The molecule has 0 heterocycles. The summed E-state index contributed by atoms with van der Waals surface area (Å²) in [5, 5.41) is 4.34. The Kier molecular flexibility index (Phi) is 4.31. The lowest BCUT2D eigenvalue weighted by Gasteiger charge is -2.07. The van der Waals surface area contributed by atoms with Crippen LogP contribution in [-0.4, -0.2) is 30.8 Å². The van der Waals surface area contributed by atoms with Crippen LogP contribution in [0.1, 0.15) is 12.5 Å². The van der Waals surface area contributed by atoms with Gasteiger partial charge < -0.3 is 4.90 Å². The highest BCUT2D eigenvalue weighted by Gasteiger charge is 2.05. The number of oxime groups is 1. The van der Waals surface area contributed by atoms with Gasteiger partial charge in [0.05, 0.1) is 5.71 Å². The number of carbonyl (C=O) groups is 1. The van der Waals surface area contributed by atoms with Crippen LogP contribution in [0.15, 0.2) is 29.4 Å². The van der Waals surface area contributed by atoms with Gasteiger partial charge in [0.15, 0.2) is 0 Å². The molecular formula is C11H13ClN2O2. The molecule has 86 valence electrons. The standard InChI is InChI=1S/C11H13ClN2O2/c1-8(13-16-11(15)14(2)3)9-5-4-6-10(12)7-9/h4-7H,1-3H3/b13-8+. The maximum absolute atomic E-state index is 11.1. The number of hydrogen-bond donors (Lipinski definition) is 0. The van der Waals surface area contributed by atoms with Crippen molar-refractivity contribution in [2.24, 2.45) is 5.16 Å². The van der Waals surface area contributed by atoms with E-state index in [4.69, 9.17) is 16.4 Å². The Hall–Kier alpha value is -1.55. The second kappa shape index (κ2) is 5.51. The fourth-order valence-corrected chi connectivity index (χ4v) is 1.15. The number of benzene rings is 1. The zero-order valence-corrected chi connectivity index (χ0v) is 10.2. The topological polar surface area (TPSA) is 41.9 Å². The second-order valence-corrected chi connectivity index (χ2v) is 3.88. The minimum Gasteiger partial charge on any atom is -0.312 e. The maximum Gasteiger partial charge on any atom is 0.435 e. The summed E-state index contributed by atoms with van der Waals surface area (Å²) < 4.78 is 0. The van der Waals surface area contributed by atoms with Crippen LogP contribution in [0.5, 0.6) is 0 Å². The van der Waals surface area contributed by atoms with Crippen molar-refractivity contribution in [3.63, 3.8) is 0 Å². The van der Waals surface area contributed by atoms with Crippen molar-refractivity contribution in [3.05, 3.63) is 34.9 Å². The van der Waals surface area contributed by atoms with Crippen molar-refractivity contribution in [2.45, 2.75) is 6.92 Å². The van der Waals surface area contributed by atoms with E-state index in [2.05, 4.69) is 5.16 Å². The van der Waals surface area contributed by atoms with Gasteiger partial charge in [0.25, 0.3) is 0 Å². The molecule has 0 aliphatic rings. The molecule has 0 aromatic heterocycles. The fraction of sp³-hybridized carbons (Fsp3) is 0.273. The van der Waals surface area contributed by atoms with E-state index in [1.807, 2.05) is 12.1 Å². The summed E-state index contributed by atoms with van der Waals surface area (Å²) in [4.78, 5) is 17.1. The Morgan fingerprint density at radius 3 is 2.69 bits per heavy atom. The summed E-state index contributed by atoms with van der Waals surface area (Å²) in [7, 11) is 3.18. The smallest absolute Gasteiger partial charge is 0.312 e. The van der Waals surface area contributed by atoms with Gasteiger partial charge in [-0.1, -0.05) is 28.9 Å². The quantitative estimate of drug-likeness (QED) is 0.453. The Balaban J connectivity index is 2.74. The molecule has 0 saturated carbocycles. The molecule has 0 radical (unpaired) electrons. The van der Waals surface area contributed by atoms with E-state index in [-0.39, 0.29) is 0 Å². The average molecular weight is 241 g/mol. The molecule has 0 spiro atoms. The highest BCUT2D eigenvalue weighted by Crippen LogP contribution is 2.11. The predicted octanol–water partition coefficient (Wildman–Crippen LogP) is 2.76. The third-order valence-corrected chi connectivity index (χ3v) is 2.10. The molecule has 0 aliphatic carbocycles. The maximum atomic E-state index is 11.1. The van der Waals surface area contributed by atoms with Gasteiger partial charge in [-0.15, -0.1) is 0 Å². The zero-order chi connectivity index (χ0) is 12.1. The minimum absolute atomic E-state index is 0.513. The van der Waals surface area contributed by atoms with Crippen LogP contribution in [0.2, 0.25) is 5.02 Å². The average Bonchev–Trinajstić information content (AvgIpc) is 2.25. The minimum atomic E-state index is -0.513. The summed E-state index contributed by atoms with van der Waals surface area (Å²) in [5.74, 6) is 0. The van der Waals surface area contributed by atoms with E-state index in [9.17, 15) is 4.79 Å². The van der Waals surface area contributed by atoms with Gasteiger partial charge in [-0.05, 0) is 19.1 Å². The first kappa shape index (κ1) is 12.5. The molecule has 1 aromatic rings. The number of amides is 1. The molecule has 0 N–H and O–H groups in total. The van der Waals surface area contributed by atoms with Crippen molar-refractivity contribution < 1.29 is 9.63 Å². The summed E-state index contributed by atoms with van der Waals surface area (Å²) in [6.45, 7) is 1.74. The van der Waals surface area contributed by atoms with Crippen LogP contribution in [0.4, 0.5) is 4.79 Å². The van der Waals surface area contributed by atoms with Crippen molar-refractivity contribution in [2.75, 3.05) is 14.1 Å². The molecule has 0 fully saturated rings. The Bertz CT molecular complexity index is 416. The number of carbonyl (C=O) groups excluding carboxylic acids is 1. The van der Waals surface area contributed by atoms with Gasteiger partial charge in [-0.25, -0.2) is 4.79 Å². The molecule has 0 atom stereocenters. The second-order valence-electron chi connectivity index (χ2n) is 3.44. The lowest BCUT2D eigenvalue weighted by Crippen LogP contribution is -2.21. The van der Waals surface area contributed by atoms with Crippen LogP contribution >= 0.6 is 11.6 Å². The lowest BCUT2D eigenvalue weighted by atomic mass is 10.1. The Labute approximate surface area is 99.4 Å². The molecule has 0 saturated heterocycles. The molecule has 16 heavy (non-hydrogen) atoms. The van der Waals surface area contributed by atoms with E-state index in [0.717, 1.165) is 5.56 Å². The summed E-state index contributed by atoms with van der Waals surface area (Å²) in [6.07, 6.45) is -0.513. The first-order valence-corrected chi connectivity index (χ1v) is 5.07. The van der Waals surface area contributed by atoms with Gasteiger partial charge in [-0.3, -0.25) is 4.84 Å². The fourth-order valence-electron chi connectivity index (χ4n) is 0.955. The number of nitrogens with zero attached hydrogens (tertiary/aromatic N) is 2. The third-order valence-electron chi connectivity index (χ3n) is 1.87. The van der Waals surface area contributed by atoms with Gasteiger partial charge >= 0.3 is 6.09 Å². The number of rotatable bonds is 2. The normalized spacial score (nSPS) is 11.1. The Morgan fingerprint density at radius 1 is 1.44 bits per heavy atom. The monoisotopic (exact) mass is 240 g/mol. The summed E-state index contributed by atoms with van der Waals surface area (Å²) in [6, 6.07) is 7.17. The van der Waals surface area contributed by atoms with Crippen LogP contribution < -0.4 is 0 Å². The van der Waals surface area contributed by atoms with E-state index < -0.39 is 6.09 Å². The van der Waals surface area contributed by atoms with Gasteiger partial charge in [0.2, 0.25) is 0 Å². The molecule has 1 amide bonds. The summed E-state index contributed by atoms with van der Waals surface area (Å²) in [5.41, 5.74) is 1.41. The molecule has 1 rings (SSSR count). The van der Waals surface area contributed by atoms with Crippen LogP contribution in [0, 0.1) is 0 Å². The molecular weight excluding hydrogens is 228 g/mol. The first-order valence-electron chi connectivity index (χ1n) is 4.69. The van der Waals surface area contributed by atoms with Crippen LogP contribution in [0.25, 0.3) is 0 Å². The molecule has 0 bridgehead atoms. The largest absolute Gasteiger partial charge is 0.435 e. The van der Waals surface area contributed by atoms with Crippen LogP contribution in [-0.2, 0) is 4.84 Å². The molecule has 0 aliphatic heterocycles. The molecule has 1 aromatic carbocycles. The van der Waals surface area contributed by atoms with Crippen molar-refractivity contribution in [1.29, 1.82) is 0 Å². The van der Waals surface area contributed by atoms with E-state index in [1.54, 1.807) is 33.2 Å². The van der Waals surface area contributed by atoms with Crippen molar-refractivity contribution in [3.8, 4) is 0 Å². The van der Waals surface area contributed by atoms with Gasteiger partial charge in [-0.2, -0.15) is 0 Å². The SMILES string of the molecule is C/C(=N\OC(=O)N(C)C)c1cccc(Cl)c1. The summed E-state index contributed by atoms with van der Waals surface area (Å²) >= 11 is 5.83. The van der Waals surface area contributed by atoms with Gasteiger partial charge in [0, 0.05) is 24.7 Å². The predicted molar refractivity (Wildman–Crippen MR) is 63.8 cm³/mol. The molecule has 4 nitrogen and oxygen atoms in total. The highest BCUT2D eigenvalue weighted by molar-refractivity contribution is 6.31. The molecule has 5 heteroatoms. The van der Waals surface area contributed by atoms with Crippen molar-refractivity contribution in [1.82, 2.24) is 4.90 Å². The molecule has 0 unspecified atom stereocenters. The van der Waals surface area contributed by atoms with E-state index in [0.29, 0.717) is 10.7 Å². The van der Waals surface area contributed by atoms with E-state index >= 15 is 0 Å². The number of hydrogen-bond acceptors (Lipinski definition) is 3. The first-order chi connectivity index (χ1) is 7.50. The lowest BCUT2D eigenvalue weighted by molar-refractivity contribution is 0.122. The van der Waals surface area contributed by atoms with Crippen molar-refractivity contribution >= 4 is 23.4 Å². The zero-order valence-electron chi connectivity index (χ0n) is 9.40. The van der Waals surface area contributed by atoms with Gasteiger partial charge in [0.1, 0.15) is 0 Å². The number of halogens is 1. The third kappa shape index (κ3) is 3.55. The van der Waals surface area contributed by atoms with E-state index in [1.165, 1.54) is 4.90 Å². The highest BCUT2D eigenvalue weighted by atomic mass is 35.5. The van der Waals surface area contributed by atoms with Crippen LogP contribution in [0.3, 0.4) is 0 Å². The Morgan fingerprint density at radius 2 is 2.12 bits per heavy atom.